The van der Waals surface area contributed by atoms with Gasteiger partial charge in [-0.2, -0.15) is 0 Å². The highest BCUT2D eigenvalue weighted by molar-refractivity contribution is 5.15. The van der Waals surface area contributed by atoms with E-state index in [1.54, 1.807) is 0 Å². The lowest BCUT2D eigenvalue weighted by Gasteiger charge is -2.15. The van der Waals surface area contributed by atoms with Crippen molar-refractivity contribution in [3.8, 4) is 0 Å². The molecule has 0 aromatic carbocycles. The minimum atomic E-state index is 0.401. The van der Waals surface area contributed by atoms with Gasteiger partial charge in [-0.25, -0.2) is 0 Å². The predicted octanol–water partition coefficient (Wildman–Crippen LogP) is 2.52. The molecule has 1 atom stereocenters. The molecule has 0 saturated carbocycles. The number of aromatic nitrogens is 4. The second-order valence-corrected chi connectivity index (χ2v) is 5.93. The summed E-state index contributed by atoms with van der Waals surface area (Å²) in [6.07, 6.45) is 9.08. The number of hydrogen-bond donors (Lipinski definition) is 1. The van der Waals surface area contributed by atoms with Gasteiger partial charge in [0.05, 0.1) is 6.54 Å². The molecule has 1 aliphatic heterocycles. The van der Waals surface area contributed by atoms with Gasteiger partial charge >= 0.3 is 0 Å². The van der Waals surface area contributed by atoms with Crippen LogP contribution >= 0.6 is 0 Å². The maximum absolute atomic E-state index is 4.37. The third kappa shape index (κ3) is 3.18. The Morgan fingerprint density at radius 2 is 2.24 bits per heavy atom. The molecule has 3 heterocycles. The van der Waals surface area contributed by atoms with Crippen LogP contribution in [0.1, 0.15) is 56.4 Å². The molecule has 5 nitrogen and oxygen atoms in total. The SMILES string of the molecule is CCCNC(C)c1ccn(Cc2nnc3n2CCCC3)c1. The van der Waals surface area contributed by atoms with E-state index in [9.17, 15) is 0 Å². The number of nitrogens with zero attached hydrogens (tertiary/aromatic N) is 4. The molecule has 0 aliphatic carbocycles. The molecule has 21 heavy (non-hydrogen) atoms. The number of nitrogens with one attached hydrogen (secondary N) is 1. The fourth-order valence-electron chi connectivity index (χ4n) is 2.94. The smallest absolute Gasteiger partial charge is 0.152 e. The van der Waals surface area contributed by atoms with Gasteiger partial charge in [0.15, 0.2) is 5.82 Å². The van der Waals surface area contributed by atoms with Crippen molar-refractivity contribution in [2.75, 3.05) is 6.54 Å². The summed E-state index contributed by atoms with van der Waals surface area (Å²) in [5.41, 5.74) is 1.34. The number of aryl methyl sites for hydroxylation is 1. The molecule has 1 N–H and O–H groups in total. The van der Waals surface area contributed by atoms with Crippen LogP contribution in [-0.2, 0) is 19.5 Å². The van der Waals surface area contributed by atoms with Crippen molar-refractivity contribution in [3.63, 3.8) is 0 Å². The van der Waals surface area contributed by atoms with Crippen LogP contribution in [0.2, 0.25) is 0 Å². The molecular formula is C16H25N5. The van der Waals surface area contributed by atoms with E-state index in [2.05, 4.69) is 57.0 Å². The zero-order valence-corrected chi connectivity index (χ0v) is 13.0. The predicted molar refractivity (Wildman–Crippen MR) is 83.2 cm³/mol. The van der Waals surface area contributed by atoms with Gasteiger partial charge in [0.2, 0.25) is 0 Å². The Balaban J connectivity index is 1.68. The van der Waals surface area contributed by atoms with E-state index in [0.717, 1.165) is 44.1 Å². The molecule has 3 rings (SSSR count). The summed E-state index contributed by atoms with van der Waals surface area (Å²) in [4.78, 5) is 0. The summed E-state index contributed by atoms with van der Waals surface area (Å²) in [6.45, 7) is 7.35. The zero-order valence-electron chi connectivity index (χ0n) is 13.0. The summed E-state index contributed by atoms with van der Waals surface area (Å²) < 4.78 is 4.51. The Kier molecular flexibility index (Phi) is 4.39. The summed E-state index contributed by atoms with van der Waals surface area (Å²) in [5, 5.41) is 12.2. The van der Waals surface area contributed by atoms with Gasteiger partial charge in [0.25, 0.3) is 0 Å². The lowest BCUT2D eigenvalue weighted by molar-refractivity contribution is 0.501. The molecule has 0 amide bonds. The third-order valence-electron chi connectivity index (χ3n) is 4.23. The molecule has 0 saturated heterocycles. The first-order chi connectivity index (χ1) is 10.3. The molecule has 0 fully saturated rings. The van der Waals surface area contributed by atoms with E-state index < -0.39 is 0 Å². The Bertz CT molecular complexity index is 583. The maximum atomic E-state index is 4.37. The van der Waals surface area contributed by atoms with E-state index in [4.69, 9.17) is 0 Å². The monoisotopic (exact) mass is 287 g/mol. The normalized spacial score (nSPS) is 15.9. The van der Waals surface area contributed by atoms with Crippen LogP contribution in [0, 0.1) is 0 Å². The number of hydrogen-bond acceptors (Lipinski definition) is 3. The molecule has 2 aromatic rings. The van der Waals surface area contributed by atoms with E-state index in [1.165, 1.54) is 18.4 Å². The Morgan fingerprint density at radius 3 is 3.10 bits per heavy atom. The van der Waals surface area contributed by atoms with E-state index in [-0.39, 0.29) is 0 Å². The van der Waals surface area contributed by atoms with Crippen LogP contribution in [0.15, 0.2) is 18.5 Å². The molecular weight excluding hydrogens is 262 g/mol. The van der Waals surface area contributed by atoms with Gasteiger partial charge < -0.3 is 14.5 Å². The molecule has 0 spiro atoms. The van der Waals surface area contributed by atoms with Crippen LogP contribution < -0.4 is 5.32 Å². The number of fused-ring (bicyclic) bond motifs is 1. The molecule has 5 heteroatoms. The molecule has 1 aliphatic rings. The van der Waals surface area contributed by atoms with Crippen LogP contribution in [0.5, 0.6) is 0 Å². The first-order valence-corrected chi connectivity index (χ1v) is 8.08. The van der Waals surface area contributed by atoms with Crippen LogP contribution in [0.25, 0.3) is 0 Å². The van der Waals surface area contributed by atoms with Gasteiger partial charge in [0.1, 0.15) is 5.82 Å². The van der Waals surface area contributed by atoms with Gasteiger partial charge in [0, 0.05) is 31.4 Å². The minimum Gasteiger partial charge on any atom is -0.346 e. The highest BCUT2D eigenvalue weighted by atomic mass is 15.3. The van der Waals surface area contributed by atoms with Crippen molar-refractivity contribution in [1.29, 1.82) is 0 Å². The summed E-state index contributed by atoms with van der Waals surface area (Å²) in [6, 6.07) is 2.60. The molecule has 0 radical (unpaired) electrons. The maximum Gasteiger partial charge on any atom is 0.152 e. The standard InChI is InChI=1S/C16H25N5/c1-3-8-17-13(2)14-7-10-20(11-14)12-16-19-18-15-6-4-5-9-21(15)16/h7,10-11,13,17H,3-6,8-9,12H2,1-2H3. The van der Waals surface area contributed by atoms with Crippen molar-refractivity contribution in [2.24, 2.45) is 0 Å². The Morgan fingerprint density at radius 1 is 1.33 bits per heavy atom. The van der Waals surface area contributed by atoms with E-state index in [1.807, 2.05) is 0 Å². The van der Waals surface area contributed by atoms with Crippen LogP contribution in [-0.4, -0.2) is 25.9 Å². The van der Waals surface area contributed by atoms with Gasteiger partial charge in [-0.15, -0.1) is 10.2 Å². The molecule has 114 valence electrons. The lowest BCUT2D eigenvalue weighted by atomic mass is 10.2. The fourth-order valence-corrected chi connectivity index (χ4v) is 2.94. The van der Waals surface area contributed by atoms with Crippen molar-refractivity contribution in [1.82, 2.24) is 24.6 Å². The largest absolute Gasteiger partial charge is 0.346 e. The van der Waals surface area contributed by atoms with Crippen molar-refractivity contribution < 1.29 is 0 Å². The topological polar surface area (TPSA) is 47.7 Å². The van der Waals surface area contributed by atoms with Gasteiger partial charge in [-0.05, 0) is 44.4 Å². The van der Waals surface area contributed by atoms with E-state index >= 15 is 0 Å². The fraction of sp³-hybridized carbons (Fsp3) is 0.625. The van der Waals surface area contributed by atoms with E-state index in [0.29, 0.717) is 6.04 Å². The van der Waals surface area contributed by atoms with Gasteiger partial charge in [-0.1, -0.05) is 6.92 Å². The third-order valence-corrected chi connectivity index (χ3v) is 4.23. The second-order valence-electron chi connectivity index (χ2n) is 5.93. The minimum absolute atomic E-state index is 0.401. The highest BCUT2D eigenvalue weighted by Crippen LogP contribution is 2.17. The Hall–Kier alpha value is -1.62. The van der Waals surface area contributed by atoms with Crippen molar-refractivity contribution in [2.45, 2.75) is 58.7 Å². The van der Waals surface area contributed by atoms with Crippen molar-refractivity contribution in [3.05, 3.63) is 35.7 Å². The second kappa shape index (κ2) is 6.43. The summed E-state index contributed by atoms with van der Waals surface area (Å²) >= 11 is 0. The average Bonchev–Trinajstić information content (AvgIpc) is 3.13. The molecule has 0 bridgehead atoms. The zero-order chi connectivity index (χ0) is 14.7. The summed E-state index contributed by atoms with van der Waals surface area (Å²) in [7, 11) is 0. The van der Waals surface area contributed by atoms with Crippen LogP contribution in [0.4, 0.5) is 0 Å². The summed E-state index contributed by atoms with van der Waals surface area (Å²) in [5.74, 6) is 2.24. The Labute approximate surface area is 126 Å². The van der Waals surface area contributed by atoms with Crippen LogP contribution in [0.3, 0.4) is 0 Å². The molecule has 2 aromatic heterocycles. The van der Waals surface area contributed by atoms with Gasteiger partial charge in [-0.3, -0.25) is 0 Å². The highest BCUT2D eigenvalue weighted by Gasteiger charge is 2.16. The van der Waals surface area contributed by atoms with Crippen molar-refractivity contribution >= 4 is 0 Å². The average molecular weight is 287 g/mol. The quantitative estimate of drug-likeness (QED) is 0.888. The molecule has 1 unspecified atom stereocenters. The first-order valence-electron chi connectivity index (χ1n) is 8.08. The number of rotatable bonds is 6. The lowest BCUT2D eigenvalue weighted by Crippen LogP contribution is -2.18. The first kappa shape index (κ1) is 14.3.